The average Bonchev–Trinajstić information content (AvgIpc) is 2.90. The molecule has 2 aromatic rings. The molecular formula is C29H34ClN2O4S-. The fourth-order valence-corrected chi connectivity index (χ4v) is 6.46. The molecule has 2 heterocycles. The Balaban J connectivity index is 1.58. The first kappa shape index (κ1) is 26.3. The molecule has 0 radical (unpaired) electrons. The van der Waals surface area contributed by atoms with Crippen molar-refractivity contribution in [2.75, 3.05) is 23.8 Å². The number of aryl methyl sites for hydroxylation is 1. The van der Waals surface area contributed by atoms with Gasteiger partial charge in [0.2, 0.25) is 0 Å². The lowest BCUT2D eigenvalue weighted by Crippen LogP contribution is -2.38. The predicted octanol–water partition coefficient (Wildman–Crippen LogP) is 6.09. The summed E-state index contributed by atoms with van der Waals surface area (Å²) in [6.07, 6.45) is 9.57. The van der Waals surface area contributed by atoms with Crippen molar-refractivity contribution in [1.82, 2.24) is 0 Å². The van der Waals surface area contributed by atoms with Crippen molar-refractivity contribution in [2.45, 2.75) is 57.6 Å². The number of aliphatic hydroxyl groups excluding tert-OH is 1. The second kappa shape index (κ2) is 12.0. The molecular weight excluding hydrogens is 508 g/mol. The van der Waals surface area contributed by atoms with Gasteiger partial charge in [0, 0.05) is 23.7 Å². The number of benzene rings is 2. The molecule has 2 aliphatic heterocycles. The molecule has 1 saturated carbocycles. The Morgan fingerprint density at radius 2 is 1.92 bits per heavy atom. The van der Waals surface area contributed by atoms with Crippen LogP contribution in [0.2, 0.25) is 5.02 Å². The Hall–Kier alpha value is -2.35. The van der Waals surface area contributed by atoms with Gasteiger partial charge in [-0.25, -0.2) is 0 Å². The number of carbonyl (C=O) groups excluding carboxylic acids is 1. The molecule has 5 rings (SSSR count). The zero-order chi connectivity index (χ0) is 25.8. The number of fused-ring (bicyclic) bond motifs is 3. The number of nitrogens with zero attached hydrogens (tertiary/aromatic N) is 2. The molecule has 1 amide bonds. The van der Waals surface area contributed by atoms with E-state index in [9.17, 15) is 14.1 Å². The maximum atomic E-state index is 13.0. The third-order valence-electron chi connectivity index (χ3n) is 7.77. The molecule has 198 valence electrons. The monoisotopic (exact) mass is 541 g/mol. The smallest absolute Gasteiger partial charge is 0.254 e. The van der Waals surface area contributed by atoms with Crippen LogP contribution in [0.15, 0.2) is 52.9 Å². The van der Waals surface area contributed by atoms with Crippen molar-refractivity contribution in [3.05, 3.63) is 70.3 Å². The van der Waals surface area contributed by atoms with E-state index in [1.54, 1.807) is 12.1 Å². The summed E-state index contributed by atoms with van der Waals surface area (Å²) < 4.78 is 22.6. The summed E-state index contributed by atoms with van der Waals surface area (Å²) in [4.78, 5) is 15.3. The van der Waals surface area contributed by atoms with Crippen LogP contribution in [-0.2, 0) is 27.8 Å². The minimum atomic E-state index is -1.70. The minimum absolute atomic E-state index is 0.142. The van der Waals surface area contributed by atoms with E-state index < -0.39 is 22.6 Å². The highest BCUT2D eigenvalue weighted by Gasteiger charge is 2.32. The quantitative estimate of drug-likeness (QED) is 0.322. The number of hydrogen-bond donors (Lipinski definition) is 1. The minimum Gasteiger partial charge on any atom is -0.491 e. The fourth-order valence-electron chi connectivity index (χ4n) is 5.45. The van der Waals surface area contributed by atoms with Gasteiger partial charge in [0.05, 0.1) is 18.4 Å². The van der Waals surface area contributed by atoms with Crippen LogP contribution >= 0.6 is 11.6 Å². The Morgan fingerprint density at radius 3 is 2.76 bits per heavy atom. The summed E-state index contributed by atoms with van der Waals surface area (Å²) >= 11 is 6.37. The number of hydrogen-bond acceptors (Lipinski definition) is 6. The third-order valence-corrected chi connectivity index (χ3v) is 8.96. The zero-order valence-corrected chi connectivity index (χ0v) is 22.6. The van der Waals surface area contributed by atoms with E-state index in [4.69, 9.17) is 16.3 Å². The molecule has 6 nitrogen and oxygen atoms in total. The number of ether oxygens (including phenoxy) is 1. The maximum Gasteiger partial charge on any atom is 0.254 e. The fraction of sp³-hybridized carbons (Fsp3) is 0.483. The van der Waals surface area contributed by atoms with Crippen LogP contribution in [0.1, 0.15) is 60.0 Å². The summed E-state index contributed by atoms with van der Waals surface area (Å²) in [5, 5.41) is 11.0. The van der Waals surface area contributed by atoms with Gasteiger partial charge in [-0.15, -0.1) is 0 Å². The number of carbonyl (C=O) groups is 1. The van der Waals surface area contributed by atoms with Crippen LogP contribution in [-0.4, -0.2) is 36.0 Å². The topological polar surface area (TPSA) is 79.2 Å². The number of anilines is 1. The number of rotatable bonds is 0. The highest BCUT2D eigenvalue weighted by molar-refractivity contribution is 7.75. The van der Waals surface area contributed by atoms with Gasteiger partial charge in [0.1, 0.15) is 5.75 Å². The van der Waals surface area contributed by atoms with Crippen LogP contribution < -0.4 is 9.64 Å². The van der Waals surface area contributed by atoms with Crippen molar-refractivity contribution in [2.24, 2.45) is 16.2 Å². The molecule has 1 N–H and O–H groups in total. The van der Waals surface area contributed by atoms with E-state index in [-0.39, 0.29) is 5.75 Å². The lowest BCUT2D eigenvalue weighted by Gasteiger charge is -2.41. The normalized spacial score (nSPS) is 26.4. The van der Waals surface area contributed by atoms with E-state index in [2.05, 4.69) is 27.5 Å². The maximum absolute atomic E-state index is 13.0. The summed E-state index contributed by atoms with van der Waals surface area (Å²) in [7, 11) is -1.70. The number of halogens is 1. The van der Waals surface area contributed by atoms with E-state index in [1.807, 2.05) is 18.2 Å². The zero-order valence-electron chi connectivity index (χ0n) is 21.0. The number of aliphatic hydroxyl groups is 1. The van der Waals surface area contributed by atoms with Crippen LogP contribution in [0, 0.1) is 11.8 Å². The van der Waals surface area contributed by atoms with E-state index in [1.165, 1.54) is 11.1 Å². The van der Waals surface area contributed by atoms with E-state index >= 15 is 0 Å². The van der Waals surface area contributed by atoms with Crippen LogP contribution in [0.5, 0.6) is 5.75 Å². The van der Waals surface area contributed by atoms with Crippen molar-refractivity contribution in [1.29, 1.82) is 0 Å². The van der Waals surface area contributed by atoms with E-state index in [0.717, 1.165) is 61.5 Å². The summed E-state index contributed by atoms with van der Waals surface area (Å²) in [6, 6.07) is 11.5. The highest BCUT2D eigenvalue weighted by Crippen LogP contribution is 2.41. The largest absolute Gasteiger partial charge is 0.491 e. The Kier molecular flexibility index (Phi) is 8.53. The number of amides is 1. The number of allylic oxidation sites excluding steroid dienone is 1. The van der Waals surface area contributed by atoms with Crippen LogP contribution in [0.25, 0.3) is 0 Å². The van der Waals surface area contributed by atoms with Gasteiger partial charge in [-0.2, -0.15) is 10.6 Å². The molecule has 2 bridgehead atoms. The summed E-state index contributed by atoms with van der Waals surface area (Å²) in [6.45, 7) is 2.11. The van der Waals surface area contributed by atoms with Gasteiger partial charge in [0.25, 0.3) is 5.91 Å². The van der Waals surface area contributed by atoms with Crippen LogP contribution in [0.4, 0.5) is 5.69 Å². The van der Waals surface area contributed by atoms with Crippen molar-refractivity contribution in [3.8, 4) is 5.75 Å². The molecule has 37 heavy (non-hydrogen) atoms. The highest BCUT2D eigenvalue weighted by atomic mass is 35.5. The second-order valence-electron chi connectivity index (χ2n) is 10.3. The molecule has 0 aromatic heterocycles. The first-order valence-electron chi connectivity index (χ1n) is 13.2. The molecule has 2 aromatic carbocycles. The molecule has 0 spiro atoms. The van der Waals surface area contributed by atoms with Gasteiger partial charge in [0.15, 0.2) is 0 Å². The lowest BCUT2D eigenvalue weighted by atomic mass is 9.71. The SMILES string of the molecule is O=C1N=[S-](=O)CC[C@H](O)/C=C/C[C@@H]2CC[C@H]2CN2Cc3ccc(Cl)cc3CCCCOc3ccc1cc32. The first-order chi connectivity index (χ1) is 18.0. The lowest BCUT2D eigenvalue weighted by molar-refractivity contribution is 0.100. The first-order valence-corrected chi connectivity index (χ1v) is 14.9. The molecule has 3 aliphatic rings. The van der Waals surface area contributed by atoms with E-state index in [0.29, 0.717) is 37.0 Å². The molecule has 1 fully saturated rings. The van der Waals surface area contributed by atoms with Crippen molar-refractivity contribution >= 4 is 33.8 Å². The molecule has 1 aliphatic carbocycles. The van der Waals surface area contributed by atoms with Gasteiger partial charge in [-0.3, -0.25) is 4.79 Å². The Morgan fingerprint density at radius 1 is 1.05 bits per heavy atom. The van der Waals surface area contributed by atoms with Crippen molar-refractivity contribution < 1.29 is 18.8 Å². The van der Waals surface area contributed by atoms with Crippen LogP contribution in [0.3, 0.4) is 0 Å². The standard InChI is InChI=1S/C29H34ClN2O4S/c30-25-11-9-24-19-32-18-23-8-7-20(23)5-3-6-26(33)13-15-37(35)31-29(34)22-10-12-28(27(32)17-22)36-14-2-1-4-21(24)16-25/h3,6,9-12,16-17,20,23,26,33H,1-2,4-5,7-8,13-15,18-19H2/q-1/b6-3+/t20-,23+,26-/m1/s1. The second-order valence-corrected chi connectivity index (χ2v) is 12.0. The predicted molar refractivity (Wildman–Crippen MR) is 148 cm³/mol. The summed E-state index contributed by atoms with van der Waals surface area (Å²) in [5.41, 5.74) is 3.75. The molecule has 3 atom stereocenters. The average molecular weight is 542 g/mol. The third kappa shape index (κ3) is 6.57. The van der Waals surface area contributed by atoms with Gasteiger partial charge in [-0.05, 0) is 98.2 Å². The van der Waals surface area contributed by atoms with Gasteiger partial charge < -0.3 is 23.3 Å². The van der Waals surface area contributed by atoms with Gasteiger partial charge >= 0.3 is 0 Å². The molecule has 0 unspecified atom stereocenters. The summed E-state index contributed by atoms with van der Waals surface area (Å²) in [5.74, 6) is 1.43. The van der Waals surface area contributed by atoms with Gasteiger partial charge in [-0.1, -0.05) is 35.6 Å². The van der Waals surface area contributed by atoms with Crippen molar-refractivity contribution in [3.63, 3.8) is 0 Å². The Bertz CT molecular complexity index is 1260. The Labute approximate surface area is 225 Å². The molecule has 0 saturated heterocycles. The molecule has 8 heteroatoms.